The molecule has 2 aromatic carbocycles. The van der Waals surface area contributed by atoms with Gasteiger partial charge in [0.2, 0.25) is 10.0 Å². The summed E-state index contributed by atoms with van der Waals surface area (Å²) >= 11 is 6.16. The van der Waals surface area contributed by atoms with Gasteiger partial charge in [0.1, 0.15) is 6.61 Å². The predicted molar refractivity (Wildman–Crippen MR) is 137 cm³/mol. The van der Waals surface area contributed by atoms with Crippen LogP contribution in [0.15, 0.2) is 47.4 Å². The van der Waals surface area contributed by atoms with Gasteiger partial charge in [0.25, 0.3) is 0 Å². The van der Waals surface area contributed by atoms with E-state index in [2.05, 4.69) is 29.2 Å². The Hall–Kier alpha value is -2.13. The fraction of sp³-hybridized carbons (Fsp3) is 0.519. The number of halogens is 1. The molecule has 0 bridgehead atoms. The van der Waals surface area contributed by atoms with Crippen molar-refractivity contribution in [1.29, 1.82) is 0 Å². The maximum Gasteiger partial charge on any atom is 0.409 e. The number of likely N-dealkylation sites (tertiary alicyclic amines) is 1. The van der Waals surface area contributed by atoms with Gasteiger partial charge in [-0.15, -0.1) is 0 Å². The van der Waals surface area contributed by atoms with Crippen molar-refractivity contribution in [2.24, 2.45) is 0 Å². The molecule has 2 saturated heterocycles. The van der Waals surface area contributed by atoms with Crippen molar-refractivity contribution in [3.63, 3.8) is 0 Å². The van der Waals surface area contributed by atoms with Gasteiger partial charge in [-0.3, -0.25) is 4.90 Å². The van der Waals surface area contributed by atoms with Crippen molar-refractivity contribution in [2.45, 2.75) is 68.1 Å². The molecule has 0 N–H and O–H groups in total. The summed E-state index contributed by atoms with van der Waals surface area (Å²) < 4.78 is 33.8. The van der Waals surface area contributed by atoms with Crippen molar-refractivity contribution in [3.05, 3.63) is 64.2 Å². The SMILES string of the molecule is O=C(OC[C@H]1CCC[C@H]2c3cc(Cl)ccc3S(=O)(=O)N12)N1CCC(N2CCc3ccccc3C2)CC1. The summed E-state index contributed by atoms with van der Waals surface area (Å²) in [4.78, 5) is 17.6. The Morgan fingerprint density at radius 2 is 1.78 bits per heavy atom. The molecule has 36 heavy (non-hydrogen) atoms. The van der Waals surface area contributed by atoms with Gasteiger partial charge < -0.3 is 9.64 Å². The highest BCUT2D eigenvalue weighted by Gasteiger charge is 2.48. The van der Waals surface area contributed by atoms with Crippen LogP contribution in [0, 0.1) is 0 Å². The molecule has 0 aromatic heterocycles. The lowest BCUT2D eigenvalue weighted by atomic mass is 9.94. The number of benzene rings is 2. The first-order valence-corrected chi connectivity index (χ1v) is 14.8. The van der Waals surface area contributed by atoms with Crippen LogP contribution in [0.1, 0.15) is 54.8 Å². The van der Waals surface area contributed by atoms with Crippen LogP contribution in [-0.2, 0) is 27.7 Å². The van der Waals surface area contributed by atoms with E-state index in [0.29, 0.717) is 35.5 Å². The summed E-state index contributed by atoms with van der Waals surface area (Å²) in [5.41, 5.74) is 3.63. The Labute approximate surface area is 218 Å². The number of amides is 1. The van der Waals surface area contributed by atoms with E-state index >= 15 is 0 Å². The highest BCUT2D eigenvalue weighted by atomic mass is 35.5. The molecule has 7 nitrogen and oxygen atoms in total. The van der Waals surface area contributed by atoms with Gasteiger partial charge in [-0.1, -0.05) is 35.9 Å². The Morgan fingerprint density at radius 3 is 2.58 bits per heavy atom. The van der Waals surface area contributed by atoms with E-state index in [0.717, 1.165) is 50.8 Å². The summed E-state index contributed by atoms with van der Waals surface area (Å²) in [5.74, 6) is 0. The quantitative estimate of drug-likeness (QED) is 0.581. The van der Waals surface area contributed by atoms with Gasteiger partial charge in [-0.2, -0.15) is 4.31 Å². The first-order valence-electron chi connectivity index (χ1n) is 13.0. The molecule has 1 amide bonds. The molecule has 4 aliphatic rings. The third kappa shape index (κ3) is 4.32. The van der Waals surface area contributed by atoms with Crippen molar-refractivity contribution in [1.82, 2.24) is 14.1 Å². The number of sulfonamides is 1. The van der Waals surface area contributed by atoms with Crippen LogP contribution in [0.5, 0.6) is 0 Å². The van der Waals surface area contributed by atoms with Gasteiger partial charge in [-0.05, 0) is 73.4 Å². The minimum atomic E-state index is -3.62. The summed E-state index contributed by atoms with van der Waals surface area (Å²) in [6.45, 7) is 3.46. The number of piperidine rings is 2. The maximum atomic E-state index is 13.3. The summed E-state index contributed by atoms with van der Waals surface area (Å²) in [7, 11) is -3.62. The van der Waals surface area contributed by atoms with E-state index in [4.69, 9.17) is 16.3 Å². The Balaban J connectivity index is 1.04. The number of carbonyl (C=O) groups excluding carboxylic acids is 1. The van der Waals surface area contributed by atoms with Crippen LogP contribution in [-0.4, -0.2) is 66.9 Å². The maximum absolute atomic E-state index is 13.3. The molecule has 0 unspecified atom stereocenters. The summed E-state index contributed by atoms with van der Waals surface area (Å²) in [6, 6.07) is 13.5. The van der Waals surface area contributed by atoms with Crippen LogP contribution in [0.25, 0.3) is 0 Å². The zero-order valence-corrected chi connectivity index (χ0v) is 21.9. The van der Waals surface area contributed by atoms with Crippen LogP contribution >= 0.6 is 11.6 Å². The van der Waals surface area contributed by atoms with Gasteiger partial charge in [0.05, 0.1) is 17.0 Å². The van der Waals surface area contributed by atoms with E-state index in [1.54, 1.807) is 27.4 Å². The van der Waals surface area contributed by atoms with Crippen molar-refractivity contribution < 1.29 is 17.9 Å². The molecule has 2 fully saturated rings. The first-order chi connectivity index (χ1) is 17.4. The number of ether oxygens (including phenoxy) is 1. The van der Waals surface area contributed by atoms with Crippen LogP contribution in [0.3, 0.4) is 0 Å². The molecule has 4 aliphatic heterocycles. The van der Waals surface area contributed by atoms with Crippen LogP contribution in [0.4, 0.5) is 4.79 Å². The average molecular weight is 530 g/mol. The Bertz CT molecular complexity index is 1260. The molecule has 0 saturated carbocycles. The molecule has 0 radical (unpaired) electrons. The van der Waals surface area contributed by atoms with Crippen LogP contribution < -0.4 is 0 Å². The second-order valence-electron chi connectivity index (χ2n) is 10.4. The highest BCUT2D eigenvalue weighted by molar-refractivity contribution is 7.89. The first kappa shape index (κ1) is 24.2. The lowest BCUT2D eigenvalue weighted by Gasteiger charge is -2.40. The van der Waals surface area contributed by atoms with Crippen molar-refractivity contribution >= 4 is 27.7 Å². The fourth-order valence-corrected chi connectivity index (χ4v) is 8.75. The highest BCUT2D eigenvalue weighted by Crippen LogP contribution is 2.47. The normalized spacial score (nSPS) is 26.2. The number of rotatable bonds is 3. The molecule has 4 heterocycles. The number of fused-ring (bicyclic) bond motifs is 4. The van der Waals surface area contributed by atoms with Crippen molar-refractivity contribution in [2.75, 3.05) is 26.2 Å². The fourth-order valence-electron chi connectivity index (χ4n) is 6.50. The lowest BCUT2D eigenvalue weighted by Crippen LogP contribution is -2.49. The minimum Gasteiger partial charge on any atom is -0.448 e. The average Bonchev–Trinajstić information content (AvgIpc) is 3.13. The number of hydrogen-bond acceptors (Lipinski definition) is 5. The summed E-state index contributed by atoms with van der Waals surface area (Å²) in [6.07, 6.45) is 4.93. The lowest BCUT2D eigenvalue weighted by molar-refractivity contribution is 0.0470. The third-order valence-electron chi connectivity index (χ3n) is 8.37. The molecule has 6 rings (SSSR count). The van der Waals surface area contributed by atoms with Crippen LogP contribution in [0.2, 0.25) is 5.02 Å². The molecule has 2 atom stereocenters. The molecule has 0 aliphatic carbocycles. The Kier molecular flexibility index (Phi) is 6.48. The van der Waals surface area contributed by atoms with E-state index in [1.165, 1.54) is 11.1 Å². The standard InChI is InChI=1S/C27H32ClN3O4S/c28-21-8-9-26-24(16-21)25-7-3-6-23(31(25)36(26,33)34)18-35-27(32)29-14-11-22(12-15-29)30-13-10-19-4-1-2-5-20(19)17-30/h1-2,4-5,8-9,16,22-23,25H,3,6-7,10-15,17-18H2/t23-,25+/m1/s1. The molecule has 2 aromatic rings. The molecule has 0 spiro atoms. The third-order valence-corrected chi connectivity index (χ3v) is 10.6. The zero-order chi connectivity index (χ0) is 24.9. The topological polar surface area (TPSA) is 70.2 Å². The van der Waals surface area contributed by atoms with E-state index in [-0.39, 0.29) is 24.8 Å². The van der Waals surface area contributed by atoms with Gasteiger partial charge in [-0.25, -0.2) is 13.2 Å². The largest absolute Gasteiger partial charge is 0.448 e. The van der Waals surface area contributed by atoms with E-state index in [1.807, 2.05) is 0 Å². The zero-order valence-electron chi connectivity index (χ0n) is 20.3. The van der Waals surface area contributed by atoms with Gasteiger partial charge in [0.15, 0.2) is 0 Å². The van der Waals surface area contributed by atoms with Gasteiger partial charge in [0, 0.05) is 37.2 Å². The number of hydrogen-bond donors (Lipinski definition) is 0. The van der Waals surface area contributed by atoms with E-state index < -0.39 is 10.0 Å². The minimum absolute atomic E-state index is 0.0825. The van der Waals surface area contributed by atoms with E-state index in [9.17, 15) is 13.2 Å². The molecular weight excluding hydrogens is 498 g/mol. The monoisotopic (exact) mass is 529 g/mol. The van der Waals surface area contributed by atoms with Gasteiger partial charge >= 0.3 is 6.09 Å². The predicted octanol–water partition coefficient (Wildman–Crippen LogP) is 4.60. The van der Waals surface area contributed by atoms with Crippen molar-refractivity contribution in [3.8, 4) is 0 Å². The molecular formula is C27H32ClN3O4S. The summed E-state index contributed by atoms with van der Waals surface area (Å²) in [5, 5.41) is 0.538. The second kappa shape index (κ2) is 9.63. The molecule has 192 valence electrons. The smallest absolute Gasteiger partial charge is 0.409 e. The second-order valence-corrected chi connectivity index (χ2v) is 12.6. The number of nitrogens with zero attached hydrogens (tertiary/aromatic N) is 3. The Morgan fingerprint density at radius 1 is 1.00 bits per heavy atom. The molecule has 9 heteroatoms. The number of carbonyl (C=O) groups is 1.